The van der Waals surface area contributed by atoms with Gasteiger partial charge in [-0.25, -0.2) is 0 Å². The lowest BCUT2D eigenvalue weighted by molar-refractivity contribution is 0.0806. The molecule has 0 spiro atoms. The van der Waals surface area contributed by atoms with Gasteiger partial charge < -0.3 is 19.5 Å². The van der Waals surface area contributed by atoms with E-state index in [2.05, 4.69) is 17.4 Å². The Balaban J connectivity index is 1.53. The summed E-state index contributed by atoms with van der Waals surface area (Å²) in [6, 6.07) is 9.03. The number of rotatable bonds is 11. The molecule has 0 radical (unpaired) electrons. The second kappa shape index (κ2) is 8.95. The maximum atomic E-state index is 5.63. The van der Waals surface area contributed by atoms with Gasteiger partial charge in [-0.1, -0.05) is 12.1 Å². The number of benzene rings is 1. The van der Waals surface area contributed by atoms with E-state index in [1.807, 2.05) is 12.1 Å². The molecule has 1 aliphatic rings. The van der Waals surface area contributed by atoms with Crippen LogP contribution in [0.4, 0.5) is 0 Å². The highest BCUT2D eigenvalue weighted by Crippen LogP contribution is 2.19. The first-order chi connectivity index (χ1) is 9.88. The van der Waals surface area contributed by atoms with Crippen molar-refractivity contribution in [1.29, 1.82) is 0 Å². The minimum atomic E-state index is 0.590. The zero-order valence-corrected chi connectivity index (χ0v) is 12.3. The standard InChI is InChI=1S/C16H25NO3/c1-18-9-2-10-19-11-12-20-16-7-3-14(4-8-16)13-17-15-5-6-15/h3-4,7-8,15,17H,2,5-6,9-13H2,1H3. The van der Waals surface area contributed by atoms with Crippen molar-refractivity contribution in [3.8, 4) is 5.75 Å². The van der Waals surface area contributed by atoms with Crippen LogP contribution in [0.1, 0.15) is 24.8 Å². The van der Waals surface area contributed by atoms with E-state index in [0.29, 0.717) is 13.2 Å². The van der Waals surface area contributed by atoms with Crippen LogP contribution in [0.15, 0.2) is 24.3 Å². The molecule has 20 heavy (non-hydrogen) atoms. The van der Waals surface area contributed by atoms with E-state index in [1.54, 1.807) is 7.11 Å². The highest BCUT2D eigenvalue weighted by molar-refractivity contribution is 5.27. The van der Waals surface area contributed by atoms with E-state index in [4.69, 9.17) is 14.2 Å². The Bertz CT molecular complexity index is 362. The third-order valence-corrected chi connectivity index (χ3v) is 3.23. The highest BCUT2D eigenvalue weighted by Gasteiger charge is 2.19. The third-order valence-electron chi connectivity index (χ3n) is 3.23. The SMILES string of the molecule is COCCCOCCOc1ccc(CNC2CC2)cc1. The van der Waals surface area contributed by atoms with Crippen LogP contribution in [-0.4, -0.2) is 39.6 Å². The summed E-state index contributed by atoms with van der Waals surface area (Å²) < 4.78 is 16.0. The van der Waals surface area contributed by atoms with Crippen LogP contribution >= 0.6 is 0 Å². The average Bonchev–Trinajstić information content (AvgIpc) is 3.30. The molecule has 1 fully saturated rings. The summed E-state index contributed by atoms with van der Waals surface area (Å²) in [6.07, 6.45) is 3.58. The maximum absolute atomic E-state index is 5.63. The second-order valence-corrected chi connectivity index (χ2v) is 5.11. The Labute approximate surface area is 121 Å². The van der Waals surface area contributed by atoms with Gasteiger partial charge in [-0.3, -0.25) is 0 Å². The van der Waals surface area contributed by atoms with Crippen LogP contribution in [0, 0.1) is 0 Å². The van der Waals surface area contributed by atoms with Crippen LogP contribution in [0.5, 0.6) is 5.75 Å². The van der Waals surface area contributed by atoms with Crippen molar-refractivity contribution in [2.24, 2.45) is 0 Å². The molecule has 0 atom stereocenters. The largest absolute Gasteiger partial charge is 0.491 e. The Kier molecular flexibility index (Phi) is 6.84. The van der Waals surface area contributed by atoms with Gasteiger partial charge in [-0.15, -0.1) is 0 Å². The van der Waals surface area contributed by atoms with E-state index in [1.165, 1.54) is 18.4 Å². The summed E-state index contributed by atoms with van der Waals surface area (Å²) >= 11 is 0. The monoisotopic (exact) mass is 279 g/mol. The Morgan fingerprint density at radius 1 is 1.05 bits per heavy atom. The fourth-order valence-electron chi connectivity index (χ4n) is 1.88. The zero-order chi connectivity index (χ0) is 14.0. The van der Waals surface area contributed by atoms with Gasteiger partial charge in [0.2, 0.25) is 0 Å². The number of hydrogen-bond acceptors (Lipinski definition) is 4. The first-order valence-corrected chi connectivity index (χ1v) is 7.40. The lowest BCUT2D eigenvalue weighted by Crippen LogP contribution is -2.15. The lowest BCUT2D eigenvalue weighted by Gasteiger charge is -2.08. The zero-order valence-electron chi connectivity index (χ0n) is 12.3. The molecule has 4 nitrogen and oxygen atoms in total. The molecule has 1 aromatic carbocycles. The molecule has 1 aromatic rings. The van der Waals surface area contributed by atoms with Gasteiger partial charge in [0.05, 0.1) is 6.61 Å². The molecule has 2 rings (SSSR count). The molecule has 0 bridgehead atoms. The fraction of sp³-hybridized carbons (Fsp3) is 0.625. The van der Waals surface area contributed by atoms with E-state index >= 15 is 0 Å². The molecular formula is C16H25NO3. The number of nitrogens with one attached hydrogen (secondary N) is 1. The summed E-state index contributed by atoms with van der Waals surface area (Å²) in [6.45, 7) is 3.63. The summed E-state index contributed by atoms with van der Waals surface area (Å²) in [5.41, 5.74) is 1.31. The molecule has 4 heteroatoms. The molecule has 1 aliphatic carbocycles. The van der Waals surface area contributed by atoms with Crippen molar-refractivity contribution in [2.45, 2.75) is 31.8 Å². The Morgan fingerprint density at radius 3 is 2.55 bits per heavy atom. The normalized spacial score (nSPS) is 14.4. The van der Waals surface area contributed by atoms with Crippen LogP contribution in [-0.2, 0) is 16.0 Å². The Hall–Kier alpha value is -1.10. The van der Waals surface area contributed by atoms with Crippen molar-refractivity contribution in [3.05, 3.63) is 29.8 Å². The molecule has 0 aromatic heterocycles. The smallest absolute Gasteiger partial charge is 0.119 e. The van der Waals surface area contributed by atoms with Gasteiger partial charge in [-0.2, -0.15) is 0 Å². The summed E-state index contributed by atoms with van der Waals surface area (Å²) in [5, 5.41) is 3.50. The van der Waals surface area contributed by atoms with Gasteiger partial charge in [0.25, 0.3) is 0 Å². The minimum absolute atomic E-state index is 0.590. The topological polar surface area (TPSA) is 39.7 Å². The molecule has 0 unspecified atom stereocenters. The van der Waals surface area contributed by atoms with Crippen molar-refractivity contribution >= 4 is 0 Å². The summed E-state index contributed by atoms with van der Waals surface area (Å²) in [4.78, 5) is 0. The average molecular weight is 279 g/mol. The number of ether oxygens (including phenoxy) is 3. The molecule has 1 saturated carbocycles. The van der Waals surface area contributed by atoms with Crippen molar-refractivity contribution in [1.82, 2.24) is 5.32 Å². The lowest BCUT2D eigenvalue weighted by atomic mass is 10.2. The van der Waals surface area contributed by atoms with E-state index in [0.717, 1.165) is 38.0 Å². The highest BCUT2D eigenvalue weighted by atomic mass is 16.5. The Morgan fingerprint density at radius 2 is 1.85 bits per heavy atom. The van der Waals surface area contributed by atoms with Crippen molar-refractivity contribution < 1.29 is 14.2 Å². The van der Waals surface area contributed by atoms with E-state index < -0.39 is 0 Å². The molecule has 1 N–H and O–H groups in total. The molecule has 112 valence electrons. The molecule has 0 aliphatic heterocycles. The number of hydrogen-bond donors (Lipinski definition) is 1. The van der Waals surface area contributed by atoms with Crippen LogP contribution in [0.25, 0.3) is 0 Å². The molecular weight excluding hydrogens is 254 g/mol. The van der Waals surface area contributed by atoms with Gasteiger partial charge in [0, 0.05) is 32.9 Å². The quantitative estimate of drug-likeness (QED) is 0.631. The molecule has 0 amide bonds. The molecule has 0 saturated heterocycles. The van der Waals surface area contributed by atoms with Crippen molar-refractivity contribution in [2.75, 3.05) is 33.5 Å². The minimum Gasteiger partial charge on any atom is -0.491 e. The second-order valence-electron chi connectivity index (χ2n) is 5.11. The van der Waals surface area contributed by atoms with Gasteiger partial charge in [0.1, 0.15) is 12.4 Å². The fourth-order valence-corrected chi connectivity index (χ4v) is 1.88. The number of methoxy groups -OCH3 is 1. The summed E-state index contributed by atoms with van der Waals surface area (Å²) in [7, 11) is 1.70. The predicted octanol–water partition coefficient (Wildman–Crippen LogP) is 2.37. The van der Waals surface area contributed by atoms with E-state index in [9.17, 15) is 0 Å². The maximum Gasteiger partial charge on any atom is 0.119 e. The predicted molar refractivity (Wildman–Crippen MR) is 79.1 cm³/mol. The first kappa shape index (κ1) is 15.3. The van der Waals surface area contributed by atoms with Crippen LogP contribution in [0.2, 0.25) is 0 Å². The van der Waals surface area contributed by atoms with E-state index in [-0.39, 0.29) is 0 Å². The molecule has 0 heterocycles. The van der Waals surface area contributed by atoms with Crippen molar-refractivity contribution in [3.63, 3.8) is 0 Å². The van der Waals surface area contributed by atoms with Gasteiger partial charge in [0.15, 0.2) is 0 Å². The van der Waals surface area contributed by atoms with Gasteiger partial charge >= 0.3 is 0 Å². The van der Waals surface area contributed by atoms with Crippen LogP contribution < -0.4 is 10.1 Å². The third kappa shape index (κ3) is 6.37. The summed E-state index contributed by atoms with van der Waals surface area (Å²) in [5.74, 6) is 0.903. The van der Waals surface area contributed by atoms with Crippen LogP contribution in [0.3, 0.4) is 0 Å². The van der Waals surface area contributed by atoms with Gasteiger partial charge in [-0.05, 0) is 37.0 Å². The first-order valence-electron chi connectivity index (χ1n) is 7.40.